The van der Waals surface area contributed by atoms with Gasteiger partial charge in [0.15, 0.2) is 17.3 Å². The van der Waals surface area contributed by atoms with Crippen molar-refractivity contribution in [2.45, 2.75) is 104 Å². The molecule has 0 aromatic carbocycles. The van der Waals surface area contributed by atoms with Crippen LogP contribution in [-0.4, -0.2) is 57.1 Å². The normalized spacial score (nSPS) is 38.7. The van der Waals surface area contributed by atoms with E-state index in [-0.39, 0.29) is 34.9 Å². The highest BCUT2D eigenvalue weighted by atomic mass is 16.5. The van der Waals surface area contributed by atoms with Crippen LogP contribution in [0.2, 0.25) is 0 Å². The number of ketones is 3. The van der Waals surface area contributed by atoms with Crippen molar-refractivity contribution in [1.29, 1.82) is 0 Å². The fourth-order valence-electron chi connectivity index (χ4n) is 6.76. The van der Waals surface area contributed by atoms with E-state index < -0.39 is 46.1 Å². The highest BCUT2D eigenvalue weighted by Gasteiger charge is 2.64. The molecule has 7 nitrogen and oxygen atoms in total. The van der Waals surface area contributed by atoms with Gasteiger partial charge in [0.05, 0.1) is 29.5 Å². The van der Waals surface area contributed by atoms with Gasteiger partial charge in [-0.05, 0) is 72.0 Å². The SMILES string of the molecule is C/C=C(\C)C(=O)[C@@H](C)C1=CC(=O)C2=C(O[C@@]3(C)CC[C@H]4O[C@@H](C(C)(C)O)CC[C@]4(C)[C@H]3[C@@H]2O)C1=O. The number of ether oxygens (including phenoxy) is 2. The Kier molecular flexibility index (Phi) is 6.31. The molecule has 4 aliphatic rings. The molecule has 1 saturated heterocycles. The molecule has 7 atom stereocenters. The summed E-state index contributed by atoms with van der Waals surface area (Å²) in [5.74, 6) is -2.59. The van der Waals surface area contributed by atoms with Crippen LogP contribution in [0.3, 0.4) is 0 Å². The van der Waals surface area contributed by atoms with Crippen LogP contribution >= 0.6 is 0 Å². The lowest BCUT2D eigenvalue weighted by atomic mass is 9.53. The van der Waals surface area contributed by atoms with Crippen LogP contribution in [0.4, 0.5) is 0 Å². The number of Topliss-reactive ketones (excluding diaryl/α,β-unsaturated/α-hetero) is 2. The smallest absolute Gasteiger partial charge is 0.224 e. The van der Waals surface area contributed by atoms with E-state index in [0.717, 1.165) is 0 Å². The summed E-state index contributed by atoms with van der Waals surface area (Å²) in [4.78, 5) is 39.5. The molecule has 1 saturated carbocycles. The zero-order valence-corrected chi connectivity index (χ0v) is 21.8. The van der Waals surface area contributed by atoms with Crippen molar-refractivity contribution in [2.24, 2.45) is 17.3 Å². The van der Waals surface area contributed by atoms with E-state index in [2.05, 4.69) is 6.92 Å². The monoisotopic (exact) mass is 486 g/mol. The molecule has 2 N–H and O–H groups in total. The first kappa shape index (κ1) is 26.0. The van der Waals surface area contributed by atoms with Crippen molar-refractivity contribution in [3.05, 3.63) is 34.6 Å². The number of hydrogen-bond acceptors (Lipinski definition) is 7. The maximum Gasteiger partial charge on any atom is 0.224 e. The standard InChI is InChI=1S/C28H38O7/c1-8-14(2)21(30)15(3)16-13-17(29)20-23(32)25-27(6)11-9-18(26(4,5)33)34-19(27)10-12-28(25,7)35-24(20)22(16)31/h8,13,15,18-19,23,25,32-33H,9-12H2,1-7H3/b14-8+/t15-,18+,19+,23+,25+,27-,28-/m0/s1. The van der Waals surface area contributed by atoms with E-state index >= 15 is 0 Å². The summed E-state index contributed by atoms with van der Waals surface area (Å²) in [7, 11) is 0. The molecule has 0 unspecified atom stereocenters. The van der Waals surface area contributed by atoms with E-state index in [1.807, 2.05) is 6.92 Å². The maximum atomic E-state index is 13.5. The Balaban J connectivity index is 1.69. The predicted octanol–water partition coefficient (Wildman–Crippen LogP) is 3.37. The fraction of sp³-hybridized carbons (Fsp3) is 0.679. The molecule has 0 spiro atoms. The minimum atomic E-state index is -1.20. The molecule has 0 amide bonds. The van der Waals surface area contributed by atoms with Crippen molar-refractivity contribution >= 4 is 17.3 Å². The number of hydrogen-bond donors (Lipinski definition) is 2. The molecule has 0 bridgehead atoms. The number of allylic oxidation sites excluding steroid dienone is 4. The van der Waals surface area contributed by atoms with Gasteiger partial charge in [0.1, 0.15) is 5.60 Å². The van der Waals surface area contributed by atoms with Crippen LogP contribution in [0, 0.1) is 17.3 Å². The van der Waals surface area contributed by atoms with Crippen molar-refractivity contribution in [2.75, 3.05) is 0 Å². The average Bonchev–Trinajstić information content (AvgIpc) is 2.77. The summed E-state index contributed by atoms with van der Waals surface area (Å²) in [6, 6.07) is 0. The Labute approximate surface area is 207 Å². The molecule has 2 heterocycles. The number of aliphatic hydroxyl groups excluding tert-OH is 1. The van der Waals surface area contributed by atoms with Crippen LogP contribution < -0.4 is 0 Å². The summed E-state index contributed by atoms with van der Waals surface area (Å²) >= 11 is 0. The molecule has 0 radical (unpaired) electrons. The maximum absolute atomic E-state index is 13.5. The van der Waals surface area contributed by atoms with Gasteiger partial charge in [-0.15, -0.1) is 0 Å². The first-order chi connectivity index (χ1) is 16.2. The minimum absolute atomic E-state index is 0.0184. The van der Waals surface area contributed by atoms with E-state index in [1.165, 1.54) is 6.08 Å². The lowest BCUT2D eigenvalue weighted by molar-refractivity contribution is -0.260. The van der Waals surface area contributed by atoms with Crippen LogP contribution in [-0.2, 0) is 23.9 Å². The first-order valence-corrected chi connectivity index (χ1v) is 12.6. The number of fused-ring (bicyclic) bond motifs is 3. The third kappa shape index (κ3) is 3.96. The van der Waals surface area contributed by atoms with Gasteiger partial charge in [-0.25, -0.2) is 0 Å². The lowest BCUT2D eigenvalue weighted by Gasteiger charge is -2.61. The molecular formula is C28H38O7. The van der Waals surface area contributed by atoms with Gasteiger partial charge in [-0.2, -0.15) is 0 Å². The molecule has 4 rings (SSSR count). The summed E-state index contributed by atoms with van der Waals surface area (Å²) < 4.78 is 12.7. The van der Waals surface area contributed by atoms with Crippen LogP contribution in [0.15, 0.2) is 34.6 Å². The average molecular weight is 487 g/mol. The highest BCUT2D eigenvalue weighted by Crippen LogP contribution is 2.59. The lowest BCUT2D eigenvalue weighted by Crippen LogP contribution is -2.66. The van der Waals surface area contributed by atoms with Gasteiger partial charge >= 0.3 is 0 Å². The largest absolute Gasteiger partial charge is 0.482 e. The topological polar surface area (TPSA) is 110 Å². The van der Waals surface area contributed by atoms with E-state index in [0.29, 0.717) is 31.3 Å². The molecule has 35 heavy (non-hydrogen) atoms. The van der Waals surface area contributed by atoms with E-state index in [4.69, 9.17) is 9.47 Å². The van der Waals surface area contributed by atoms with Crippen LogP contribution in [0.5, 0.6) is 0 Å². The third-order valence-electron chi connectivity index (χ3n) is 8.96. The van der Waals surface area contributed by atoms with Crippen LogP contribution in [0.1, 0.15) is 74.1 Å². The Morgan fingerprint density at radius 1 is 1.23 bits per heavy atom. The zero-order chi connectivity index (χ0) is 26.1. The Hall–Kier alpha value is -2.09. The Morgan fingerprint density at radius 3 is 2.49 bits per heavy atom. The Bertz CT molecular complexity index is 1060. The van der Waals surface area contributed by atoms with Crippen molar-refractivity contribution < 1.29 is 34.1 Å². The van der Waals surface area contributed by atoms with Gasteiger partial charge in [0.2, 0.25) is 5.78 Å². The number of carbonyl (C=O) groups is 3. The number of carbonyl (C=O) groups excluding carboxylic acids is 3. The summed E-state index contributed by atoms with van der Waals surface area (Å²) in [6.07, 6.45) is 3.62. The van der Waals surface area contributed by atoms with Gasteiger partial charge in [-0.1, -0.05) is 19.9 Å². The molecule has 0 aromatic heterocycles. The summed E-state index contributed by atoms with van der Waals surface area (Å²) in [6.45, 7) is 12.5. The quantitative estimate of drug-likeness (QED) is 0.463. The van der Waals surface area contributed by atoms with Crippen molar-refractivity contribution in [3.63, 3.8) is 0 Å². The van der Waals surface area contributed by atoms with Gasteiger partial charge in [-0.3, -0.25) is 14.4 Å². The Morgan fingerprint density at radius 2 is 1.89 bits per heavy atom. The van der Waals surface area contributed by atoms with E-state index in [1.54, 1.807) is 40.7 Å². The number of rotatable bonds is 4. The molecule has 7 heteroatoms. The predicted molar refractivity (Wildman–Crippen MR) is 129 cm³/mol. The summed E-state index contributed by atoms with van der Waals surface area (Å²) in [5.41, 5.74) is -1.77. The molecule has 2 aliphatic heterocycles. The van der Waals surface area contributed by atoms with Gasteiger partial charge in [0.25, 0.3) is 0 Å². The number of aliphatic hydroxyl groups is 2. The minimum Gasteiger partial charge on any atom is -0.482 e. The van der Waals surface area contributed by atoms with Gasteiger partial charge < -0.3 is 19.7 Å². The third-order valence-corrected chi connectivity index (χ3v) is 8.96. The molecule has 2 aliphatic carbocycles. The first-order valence-electron chi connectivity index (χ1n) is 12.6. The second-order valence-corrected chi connectivity index (χ2v) is 11.8. The van der Waals surface area contributed by atoms with E-state index in [9.17, 15) is 24.6 Å². The fourth-order valence-corrected chi connectivity index (χ4v) is 6.76. The zero-order valence-electron chi connectivity index (χ0n) is 21.8. The second kappa shape index (κ2) is 8.49. The second-order valence-electron chi connectivity index (χ2n) is 11.8. The van der Waals surface area contributed by atoms with Crippen molar-refractivity contribution in [1.82, 2.24) is 0 Å². The van der Waals surface area contributed by atoms with Gasteiger partial charge in [0, 0.05) is 22.8 Å². The molecular weight excluding hydrogens is 448 g/mol. The highest BCUT2D eigenvalue weighted by molar-refractivity contribution is 6.24. The van der Waals surface area contributed by atoms with Crippen molar-refractivity contribution in [3.8, 4) is 0 Å². The summed E-state index contributed by atoms with van der Waals surface area (Å²) in [5, 5.41) is 22.1. The molecule has 0 aromatic rings. The molecule has 2 fully saturated rings. The molecule has 192 valence electrons. The van der Waals surface area contributed by atoms with Crippen LogP contribution in [0.25, 0.3) is 0 Å².